The molecule has 32 heavy (non-hydrogen) atoms. The first-order valence-electron chi connectivity index (χ1n) is 9.63. The minimum absolute atomic E-state index is 0.0171. The zero-order chi connectivity index (χ0) is 22.3. The van der Waals surface area contributed by atoms with E-state index in [0.717, 1.165) is 17.0 Å². The van der Waals surface area contributed by atoms with Gasteiger partial charge in [0.15, 0.2) is 11.5 Å². The van der Waals surface area contributed by atoms with Crippen molar-refractivity contribution in [3.8, 4) is 17.2 Å². The molecule has 1 unspecified atom stereocenters. The summed E-state index contributed by atoms with van der Waals surface area (Å²) in [5.41, 5.74) is -0.538. The second kappa shape index (κ2) is 6.18. The van der Waals surface area contributed by atoms with Crippen molar-refractivity contribution in [2.75, 3.05) is 18.3 Å². The molecule has 1 amide bonds. The van der Waals surface area contributed by atoms with Crippen LogP contribution < -0.4 is 19.1 Å². The number of carbonyl (C=O) groups excluding carboxylic acids is 1. The van der Waals surface area contributed by atoms with Gasteiger partial charge in [0.05, 0.1) is 12.2 Å². The maximum Gasteiger partial charge on any atom is 0.449 e. The van der Waals surface area contributed by atoms with Crippen LogP contribution in [0.4, 0.5) is 23.2 Å². The summed E-state index contributed by atoms with van der Waals surface area (Å²) in [4.78, 5) is 14.9. The third kappa shape index (κ3) is 2.43. The van der Waals surface area contributed by atoms with Gasteiger partial charge in [-0.15, -0.1) is 0 Å². The minimum Gasteiger partial charge on any atom is -0.491 e. The van der Waals surface area contributed by atoms with Crippen molar-refractivity contribution < 1.29 is 41.0 Å². The lowest BCUT2D eigenvalue weighted by Gasteiger charge is -2.22. The van der Waals surface area contributed by atoms with E-state index in [1.165, 1.54) is 12.1 Å². The Morgan fingerprint density at radius 1 is 0.969 bits per heavy atom. The summed E-state index contributed by atoms with van der Waals surface area (Å²) in [5.74, 6) is -1.22. The molecule has 1 spiro atoms. The molecule has 3 aromatic rings. The summed E-state index contributed by atoms with van der Waals surface area (Å²) in [6, 6.07) is 9.44. The van der Waals surface area contributed by atoms with E-state index in [4.69, 9.17) is 18.6 Å². The van der Waals surface area contributed by atoms with Crippen LogP contribution in [0.1, 0.15) is 22.6 Å². The predicted molar refractivity (Wildman–Crippen MR) is 100 cm³/mol. The number of fused-ring (bicyclic) bond motifs is 5. The zero-order valence-corrected chi connectivity index (χ0v) is 16.2. The Morgan fingerprint density at radius 3 is 2.50 bits per heavy atom. The lowest BCUT2D eigenvalue weighted by molar-refractivity contribution is -0.153. The summed E-state index contributed by atoms with van der Waals surface area (Å²) in [6.45, 7) is -0.440. The van der Waals surface area contributed by atoms with Crippen molar-refractivity contribution in [3.63, 3.8) is 0 Å². The first-order chi connectivity index (χ1) is 15.3. The largest absolute Gasteiger partial charge is 0.491 e. The highest BCUT2D eigenvalue weighted by molar-refractivity contribution is 6.11. The molecule has 3 aliphatic rings. The first kappa shape index (κ1) is 19.0. The number of halogens is 4. The number of benzene rings is 2. The standard InChI is InChI=1S/C22H13F4NO5/c23-14-3-1-2-12-19(14)27(8-11-4-5-18(32-11)22(24,25)26)20(28)21(12)9-29-15-7-17-16(6-13(15)21)30-10-31-17/h1-7H,8-10H2. The van der Waals surface area contributed by atoms with Gasteiger partial charge in [0.2, 0.25) is 18.5 Å². The monoisotopic (exact) mass is 447 g/mol. The third-order valence-corrected chi connectivity index (χ3v) is 5.96. The van der Waals surface area contributed by atoms with Gasteiger partial charge < -0.3 is 23.5 Å². The SMILES string of the molecule is O=C1N(Cc2ccc(C(F)(F)F)o2)c2c(F)cccc2C12COc1cc3c(cc12)OCO3. The molecule has 164 valence electrons. The van der Waals surface area contributed by atoms with E-state index in [0.29, 0.717) is 28.4 Å². The smallest absolute Gasteiger partial charge is 0.449 e. The normalized spacial score (nSPS) is 20.6. The highest BCUT2D eigenvalue weighted by atomic mass is 19.4. The summed E-state index contributed by atoms with van der Waals surface area (Å²) in [7, 11) is 0. The van der Waals surface area contributed by atoms with Crippen LogP contribution in [0.5, 0.6) is 17.2 Å². The quantitative estimate of drug-likeness (QED) is 0.546. The van der Waals surface area contributed by atoms with Gasteiger partial charge in [0.25, 0.3) is 0 Å². The fourth-order valence-electron chi connectivity index (χ4n) is 4.54. The van der Waals surface area contributed by atoms with E-state index < -0.39 is 29.1 Å². The maximum atomic E-state index is 15.0. The Kier molecular flexibility index (Phi) is 3.67. The van der Waals surface area contributed by atoms with Gasteiger partial charge in [0.1, 0.15) is 29.3 Å². The summed E-state index contributed by atoms with van der Waals surface area (Å²) in [5, 5.41) is 0. The molecular weight excluding hydrogens is 434 g/mol. The molecule has 0 saturated carbocycles. The number of anilines is 1. The van der Waals surface area contributed by atoms with Crippen LogP contribution in [0.3, 0.4) is 0 Å². The van der Waals surface area contributed by atoms with Crippen LogP contribution in [-0.4, -0.2) is 19.3 Å². The third-order valence-electron chi connectivity index (χ3n) is 5.96. The molecule has 0 fully saturated rings. The van der Waals surface area contributed by atoms with Crippen LogP contribution in [0.15, 0.2) is 46.9 Å². The first-order valence-corrected chi connectivity index (χ1v) is 9.63. The predicted octanol–water partition coefficient (Wildman–Crippen LogP) is 4.39. The van der Waals surface area contributed by atoms with Crippen molar-refractivity contribution >= 4 is 11.6 Å². The van der Waals surface area contributed by atoms with Gasteiger partial charge in [-0.3, -0.25) is 4.79 Å². The maximum absolute atomic E-state index is 15.0. The Labute approximate surface area is 177 Å². The summed E-state index contributed by atoms with van der Waals surface area (Å²) in [6.07, 6.45) is -4.67. The summed E-state index contributed by atoms with van der Waals surface area (Å²) >= 11 is 0. The van der Waals surface area contributed by atoms with Crippen molar-refractivity contribution in [2.45, 2.75) is 18.1 Å². The average molecular weight is 447 g/mol. The molecule has 3 aliphatic heterocycles. The molecule has 0 N–H and O–H groups in total. The molecule has 6 nitrogen and oxygen atoms in total. The Bertz CT molecular complexity index is 1280. The lowest BCUT2D eigenvalue weighted by atomic mass is 9.77. The molecular formula is C22H13F4NO5. The fraction of sp³-hybridized carbons (Fsp3) is 0.227. The minimum atomic E-state index is -4.67. The van der Waals surface area contributed by atoms with Crippen LogP contribution in [0, 0.1) is 5.82 Å². The fourth-order valence-corrected chi connectivity index (χ4v) is 4.54. The number of nitrogens with zero attached hydrogens (tertiary/aromatic N) is 1. The number of rotatable bonds is 2. The Morgan fingerprint density at radius 2 is 1.75 bits per heavy atom. The highest BCUT2D eigenvalue weighted by Crippen LogP contribution is 2.55. The van der Waals surface area contributed by atoms with E-state index >= 15 is 0 Å². The number of amides is 1. The highest BCUT2D eigenvalue weighted by Gasteiger charge is 2.58. The molecule has 0 aliphatic carbocycles. The van der Waals surface area contributed by atoms with Crippen LogP contribution >= 0.6 is 0 Å². The number of carbonyl (C=O) groups is 1. The van der Waals surface area contributed by atoms with Gasteiger partial charge in [0, 0.05) is 17.2 Å². The van der Waals surface area contributed by atoms with Crippen molar-refractivity contribution in [3.05, 3.63) is 70.9 Å². The van der Waals surface area contributed by atoms with Crippen molar-refractivity contribution in [1.82, 2.24) is 0 Å². The molecule has 0 saturated heterocycles. The van der Waals surface area contributed by atoms with Gasteiger partial charge in [-0.25, -0.2) is 4.39 Å². The van der Waals surface area contributed by atoms with E-state index in [9.17, 15) is 22.4 Å². The Balaban J connectivity index is 1.48. The molecule has 0 radical (unpaired) electrons. The average Bonchev–Trinajstić information content (AvgIpc) is 3.51. The number of alkyl halides is 3. The molecule has 4 heterocycles. The molecule has 10 heteroatoms. The van der Waals surface area contributed by atoms with Gasteiger partial charge in [-0.2, -0.15) is 13.2 Å². The van der Waals surface area contributed by atoms with E-state index in [2.05, 4.69) is 0 Å². The Hall–Kier alpha value is -3.69. The van der Waals surface area contributed by atoms with Crippen LogP contribution in [0.2, 0.25) is 0 Å². The van der Waals surface area contributed by atoms with Crippen LogP contribution in [-0.2, 0) is 22.9 Å². The molecule has 0 bridgehead atoms. The number of furan rings is 1. The molecule has 1 atom stereocenters. The van der Waals surface area contributed by atoms with Gasteiger partial charge in [-0.1, -0.05) is 12.1 Å². The van der Waals surface area contributed by atoms with E-state index in [1.54, 1.807) is 18.2 Å². The second-order valence-electron chi connectivity index (χ2n) is 7.69. The van der Waals surface area contributed by atoms with E-state index in [-0.39, 0.29) is 31.4 Å². The van der Waals surface area contributed by atoms with Crippen LogP contribution in [0.25, 0.3) is 0 Å². The number of hydrogen-bond donors (Lipinski definition) is 0. The number of para-hydroxylation sites is 1. The molecule has 1 aromatic heterocycles. The number of hydrogen-bond acceptors (Lipinski definition) is 5. The van der Waals surface area contributed by atoms with Crippen molar-refractivity contribution in [2.24, 2.45) is 0 Å². The number of ether oxygens (including phenoxy) is 3. The summed E-state index contributed by atoms with van der Waals surface area (Å²) < 4.78 is 75.2. The van der Waals surface area contributed by atoms with Crippen molar-refractivity contribution in [1.29, 1.82) is 0 Å². The second-order valence-corrected chi connectivity index (χ2v) is 7.69. The zero-order valence-electron chi connectivity index (χ0n) is 16.2. The van der Waals surface area contributed by atoms with Gasteiger partial charge in [-0.05, 0) is 24.3 Å². The van der Waals surface area contributed by atoms with Gasteiger partial charge >= 0.3 is 6.18 Å². The molecule has 2 aromatic carbocycles. The molecule has 6 rings (SSSR count). The lowest BCUT2D eigenvalue weighted by Crippen LogP contribution is -2.42. The van der Waals surface area contributed by atoms with E-state index in [1.807, 2.05) is 0 Å². The topological polar surface area (TPSA) is 61.1 Å².